The Balaban J connectivity index is 1.87. The summed E-state index contributed by atoms with van der Waals surface area (Å²) in [6, 6.07) is 23.0. The first kappa shape index (κ1) is 21.9. The van der Waals surface area contributed by atoms with Crippen LogP contribution in [0.15, 0.2) is 71.1 Å². The van der Waals surface area contributed by atoms with Crippen LogP contribution in [0.25, 0.3) is 49.2 Å². The zero-order chi connectivity index (χ0) is 24.0. The van der Waals surface area contributed by atoms with E-state index in [9.17, 15) is 0 Å². The van der Waals surface area contributed by atoms with Crippen LogP contribution in [0.4, 0.5) is 5.69 Å². The smallest absolute Gasteiger partial charge is 0.216 e. The van der Waals surface area contributed by atoms with E-state index in [-0.39, 0.29) is 0 Å². The summed E-state index contributed by atoms with van der Waals surface area (Å²) in [4.78, 5) is 3.82. The number of hydrogen-bond donors (Lipinski definition) is 0. The van der Waals surface area contributed by atoms with E-state index >= 15 is 0 Å². The van der Waals surface area contributed by atoms with Crippen molar-refractivity contribution >= 4 is 27.6 Å². The average Bonchev–Trinajstić information content (AvgIpc) is 3.19. The third-order valence-corrected chi connectivity index (χ3v) is 6.69. The van der Waals surface area contributed by atoms with Crippen molar-refractivity contribution in [3.8, 4) is 22.4 Å². The summed E-state index contributed by atoms with van der Waals surface area (Å²) < 4.78 is 8.96. The maximum absolute atomic E-state index is 7.77. The summed E-state index contributed by atoms with van der Waals surface area (Å²) in [5.74, 6) is 0.587. The highest BCUT2D eigenvalue weighted by molar-refractivity contribution is 6.15. The number of benzene rings is 3. The van der Waals surface area contributed by atoms with Gasteiger partial charge in [0.05, 0.1) is 12.1 Å². The average molecular weight is 446 g/mol. The molecule has 0 aliphatic heterocycles. The monoisotopic (exact) mass is 445 g/mol. The van der Waals surface area contributed by atoms with Crippen LogP contribution in [0.1, 0.15) is 30.7 Å². The number of aromatic nitrogens is 1. The van der Waals surface area contributed by atoms with Gasteiger partial charge in [0.1, 0.15) is 18.2 Å². The number of furan rings is 1. The van der Waals surface area contributed by atoms with Crippen LogP contribution in [0.5, 0.6) is 0 Å². The van der Waals surface area contributed by atoms with E-state index in [0.29, 0.717) is 11.6 Å². The van der Waals surface area contributed by atoms with Crippen molar-refractivity contribution in [2.75, 3.05) is 0 Å². The number of fused-ring (bicyclic) bond motifs is 3. The van der Waals surface area contributed by atoms with Crippen LogP contribution in [0, 0.1) is 26.3 Å². The first-order chi connectivity index (χ1) is 16.4. The molecule has 3 nitrogen and oxygen atoms in total. The third kappa shape index (κ3) is 3.56. The quantitative estimate of drug-likeness (QED) is 0.202. The maximum Gasteiger partial charge on any atom is 0.216 e. The minimum Gasteiger partial charge on any atom is -0.456 e. The van der Waals surface area contributed by atoms with Gasteiger partial charge in [-0.25, -0.2) is 4.85 Å². The summed E-state index contributed by atoms with van der Waals surface area (Å²) in [5, 5.41) is 2.12. The predicted octanol–water partition coefficient (Wildman–Crippen LogP) is 8.11. The van der Waals surface area contributed by atoms with Gasteiger partial charge in [-0.3, -0.25) is 0 Å². The molecule has 0 radical (unpaired) electrons. The van der Waals surface area contributed by atoms with Crippen LogP contribution >= 0.6 is 0 Å². The zero-order valence-electron chi connectivity index (χ0n) is 20.4. The van der Waals surface area contributed by atoms with Gasteiger partial charge in [0.15, 0.2) is 11.4 Å². The molecule has 3 heteroatoms. The van der Waals surface area contributed by atoms with Gasteiger partial charge in [-0.1, -0.05) is 68.4 Å². The van der Waals surface area contributed by atoms with E-state index in [1.54, 1.807) is 0 Å². The van der Waals surface area contributed by atoms with Crippen molar-refractivity contribution in [3.63, 3.8) is 0 Å². The molecular formula is C31H29N2O+. The zero-order valence-corrected chi connectivity index (χ0v) is 20.4. The Morgan fingerprint density at radius 3 is 2.24 bits per heavy atom. The van der Waals surface area contributed by atoms with Crippen LogP contribution in [0.3, 0.4) is 0 Å². The Hall–Kier alpha value is -3.90. The van der Waals surface area contributed by atoms with Gasteiger partial charge in [-0.2, -0.15) is 4.57 Å². The molecule has 0 unspecified atom stereocenters. The van der Waals surface area contributed by atoms with Crippen LogP contribution < -0.4 is 4.57 Å². The second kappa shape index (κ2) is 8.47. The fourth-order valence-electron chi connectivity index (χ4n) is 4.99. The Morgan fingerprint density at radius 2 is 1.56 bits per heavy atom. The second-order valence-corrected chi connectivity index (χ2v) is 9.60. The van der Waals surface area contributed by atoms with E-state index in [1.807, 2.05) is 42.5 Å². The van der Waals surface area contributed by atoms with Gasteiger partial charge < -0.3 is 4.42 Å². The highest BCUT2D eigenvalue weighted by atomic mass is 16.3. The number of nitrogens with zero attached hydrogens (tertiary/aromatic N) is 2. The summed E-state index contributed by atoms with van der Waals surface area (Å²) in [5.41, 5.74) is 10.1. The first-order valence-corrected chi connectivity index (χ1v) is 11.8. The number of hydrogen-bond acceptors (Lipinski definition) is 1. The van der Waals surface area contributed by atoms with Crippen molar-refractivity contribution in [3.05, 3.63) is 95.0 Å². The first-order valence-electron chi connectivity index (χ1n) is 11.8. The molecule has 0 spiro atoms. The Morgan fingerprint density at radius 1 is 0.882 bits per heavy atom. The summed E-state index contributed by atoms with van der Waals surface area (Å²) >= 11 is 0. The van der Waals surface area contributed by atoms with E-state index in [2.05, 4.69) is 68.4 Å². The molecule has 168 valence electrons. The van der Waals surface area contributed by atoms with E-state index in [1.165, 1.54) is 16.8 Å². The molecular weight excluding hydrogens is 416 g/mol. The van der Waals surface area contributed by atoms with Gasteiger partial charge in [0, 0.05) is 35.4 Å². The highest BCUT2D eigenvalue weighted by Gasteiger charge is 2.24. The van der Waals surface area contributed by atoms with Crippen LogP contribution in [-0.4, -0.2) is 0 Å². The molecule has 0 N–H and O–H groups in total. The standard InChI is InChI=1S/C31H29N2O/c1-19(2)16-22-17-21(4)33(6)27(18-22)28-20(3)12-13-24-25-14-15-26(32-5)29(31(25)34-30(24)28)23-10-8-7-9-11-23/h7-15,17-19H,16H2,1-4,6H3/q+1. The van der Waals surface area contributed by atoms with Crippen molar-refractivity contribution in [2.24, 2.45) is 13.0 Å². The largest absolute Gasteiger partial charge is 0.456 e. The SMILES string of the molecule is [C-]#[N+]c1ccc2c(oc3c(-c4cc(CC(C)C)cc(C)[n+]4C)c(C)ccc32)c1-c1ccccc1. The fraction of sp³-hybridized carbons (Fsp3) is 0.226. The normalized spacial score (nSPS) is 11.4. The molecule has 0 fully saturated rings. The minimum atomic E-state index is 0.587. The van der Waals surface area contributed by atoms with Gasteiger partial charge in [0.25, 0.3) is 0 Å². The Kier molecular flexibility index (Phi) is 5.46. The lowest BCUT2D eigenvalue weighted by Gasteiger charge is -2.11. The number of rotatable bonds is 4. The molecule has 0 saturated heterocycles. The fourth-order valence-corrected chi connectivity index (χ4v) is 4.99. The number of pyridine rings is 1. The van der Waals surface area contributed by atoms with Crippen LogP contribution in [-0.2, 0) is 13.5 Å². The molecule has 0 amide bonds. The van der Waals surface area contributed by atoms with Gasteiger partial charge in [-0.15, -0.1) is 0 Å². The lowest BCUT2D eigenvalue weighted by atomic mass is 9.96. The minimum absolute atomic E-state index is 0.587. The maximum atomic E-state index is 7.77. The van der Waals surface area contributed by atoms with E-state index in [4.69, 9.17) is 11.0 Å². The van der Waals surface area contributed by atoms with Crippen molar-refractivity contribution in [1.29, 1.82) is 0 Å². The van der Waals surface area contributed by atoms with E-state index in [0.717, 1.165) is 50.7 Å². The molecule has 5 rings (SSSR count). The predicted molar refractivity (Wildman–Crippen MR) is 140 cm³/mol. The van der Waals surface area contributed by atoms with Gasteiger partial charge in [0.2, 0.25) is 5.69 Å². The number of aryl methyl sites for hydroxylation is 2. The molecule has 0 atom stereocenters. The Labute approximate surface area is 201 Å². The molecule has 5 aromatic rings. The van der Waals surface area contributed by atoms with Crippen molar-refractivity contribution < 1.29 is 8.98 Å². The topological polar surface area (TPSA) is 21.4 Å². The lowest BCUT2D eigenvalue weighted by Crippen LogP contribution is -2.35. The van der Waals surface area contributed by atoms with Crippen molar-refractivity contribution in [1.82, 2.24) is 0 Å². The Bertz CT molecular complexity index is 1580. The molecule has 0 aliphatic carbocycles. The van der Waals surface area contributed by atoms with E-state index < -0.39 is 0 Å². The molecule has 0 saturated carbocycles. The lowest BCUT2D eigenvalue weighted by molar-refractivity contribution is -0.666. The summed E-state index contributed by atoms with van der Waals surface area (Å²) in [7, 11) is 2.12. The van der Waals surface area contributed by atoms with Crippen LogP contribution in [0.2, 0.25) is 0 Å². The van der Waals surface area contributed by atoms with Gasteiger partial charge >= 0.3 is 0 Å². The molecule has 0 bridgehead atoms. The summed E-state index contributed by atoms with van der Waals surface area (Å²) in [6.07, 6.45) is 1.04. The van der Waals surface area contributed by atoms with Crippen molar-refractivity contribution in [2.45, 2.75) is 34.1 Å². The molecule has 2 aromatic heterocycles. The third-order valence-electron chi connectivity index (χ3n) is 6.69. The van der Waals surface area contributed by atoms with Gasteiger partial charge in [-0.05, 0) is 36.0 Å². The summed E-state index contributed by atoms with van der Waals surface area (Å²) in [6.45, 7) is 16.6. The second-order valence-electron chi connectivity index (χ2n) is 9.60. The molecule has 2 heterocycles. The highest BCUT2D eigenvalue weighted by Crippen LogP contribution is 2.44. The molecule has 34 heavy (non-hydrogen) atoms. The molecule has 3 aromatic carbocycles. The molecule has 0 aliphatic rings.